The van der Waals surface area contributed by atoms with Crippen molar-refractivity contribution in [3.63, 3.8) is 0 Å². The Hall–Kier alpha value is -0.480. The van der Waals surface area contributed by atoms with Crippen LogP contribution in [0.5, 0.6) is 0 Å². The van der Waals surface area contributed by atoms with E-state index >= 15 is 0 Å². The van der Waals surface area contributed by atoms with E-state index in [-0.39, 0.29) is 0 Å². The highest BCUT2D eigenvalue weighted by atomic mass is 32.2. The van der Waals surface area contributed by atoms with Gasteiger partial charge in [0.1, 0.15) is 0 Å². The van der Waals surface area contributed by atoms with Crippen LogP contribution in [0.4, 0.5) is 0 Å². The molecule has 0 fully saturated rings. The molecule has 0 bridgehead atoms. The van der Waals surface area contributed by atoms with Crippen molar-refractivity contribution in [1.82, 2.24) is 0 Å². The molecule has 0 saturated carbocycles. The van der Waals surface area contributed by atoms with E-state index < -0.39 is 9.80 Å². The highest BCUT2D eigenvalue weighted by Crippen LogP contribution is 1.94. The molecule has 0 aromatic heterocycles. The van der Waals surface area contributed by atoms with E-state index in [9.17, 15) is 4.21 Å². The van der Waals surface area contributed by atoms with Gasteiger partial charge >= 0.3 is 0 Å². The quantitative estimate of drug-likeness (QED) is 0.345. The Morgan fingerprint density at radius 1 is 1.42 bits per heavy atom. The fraction of sp³-hybridized carbons (Fsp3) is 0.625. The Labute approximate surface area is 74.6 Å². The Kier molecular flexibility index (Phi) is 5.84. The van der Waals surface area contributed by atoms with Crippen molar-refractivity contribution in [2.75, 3.05) is 19.5 Å². The Morgan fingerprint density at radius 3 is 2.50 bits per heavy atom. The summed E-state index contributed by atoms with van der Waals surface area (Å²) in [6, 6.07) is 0. The molecular weight excluding hydrogens is 176 g/mol. The van der Waals surface area contributed by atoms with Gasteiger partial charge in [0, 0.05) is 6.26 Å². The SMILES string of the molecule is C=COCCCCOS(=C)(C)=O. The van der Waals surface area contributed by atoms with E-state index in [1.54, 1.807) is 0 Å². The Bertz CT molecular complexity index is 206. The smallest absolute Gasteiger partial charge is 0.0873 e. The molecule has 0 N–H and O–H groups in total. The molecule has 0 saturated heterocycles. The molecule has 12 heavy (non-hydrogen) atoms. The topological polar surface area (TPSA) is 35.5 Å². The first kappa shape index (κ1) is 11.5. The van der Waals surface area contributed by atoms with Crippen LogP contribution in [0.15, 0.2) is 12.8 Å². The van der Waals surface area contributed by atoms with E-state index in [0.29, 0.717) is 13.2 Å². The zero-order chi connectivity index (χ0) is 9.45. The number of hydrogen-bond donors (Lipinski definition) is 0. The van der Waals surface area contributed by atoms with Crippen LogP contribution in [-0.2, 0) is 18.7 Å². The monoisotopic (exact) mass is 192 g/mol. The Morgan fingerprint density at radius 2 is 2.00 bits per heavy atom. The maximum absolute atomic E-state index is 10.9. The first-order valence-corrected chi connectivity index (χ1v) is 5.81. The van der Waals surface area contributed by atoms with Gasteiger partial charge < -0.3 is 4.74 Å². The van der Waals surface area contributed by atoms with Crippen LogP contribution in [0.1, 0.15) is 12.8 Å². The van der Waals surface area contributed by atoms with Gasteiger partial charge in [0.25, 0.3) is 0 Å². The molecule has 72 valence electrons. The number of rotatable bonds is 7. The van der Waals surface area contributed by atoms with Crippen LogP contribution in [0.2, 0.25) is 0 Å². The van der Waals surface area contributed by atoms with Gasteiger partial charge in [-0.25, -0.2) is 4.21 Å². The van der Waals surface area contributed by atoms with E-state index in [4.69, 9.17) is 8.92 Å². The van der Waals surface area contributed by atoms with Crippen molar-refractivity contribution in [3.05, 3.63) is 12.8 Å². The fourth-order valence-corrected chi connectivity index (χ4v) is 1.08. The molecule has 0 aromatic rings. The molecule has 0 aromatic carbocycles. The zero-order valence-electron chi connectivity index (χ0n) is 7.45. The molecular formula is C8H16O3S. The summed E-state index contributed by atoms with van der Waals surface area (Å²) < 4.78 is 20.7. The molecule has 0 spiro atoms. The van der Waals surface area contributed by atoms with Crippen LogP contribution in [0, 0.1) is 0 Å². The van der Waals surface area contributed by atoms with Gasteiger partial charge in [-0.15, -0.1) is 0 Å². The van der Waals surface area contributed by atoms with Crippen LogP contribution < -0.4 is 0 Å². The third-order valence-corrected chi connectivity index (χ3v) is 1.77. The molecule has 1 atom stereocenters. The lowest BCUT2D eigenvalue weighted by atomic mass is 10.3. The van der Waals surface area contributed by atoms with Crippen molar-refractivity contribution in [2.45, 2.75) is 12.8 Å². The summed E-state index contributed by atoms with van der Waals surface area (Å²) in [5.74, 6) is 3.36. The lowest BCUT2D eigenvalue weighted by Gasteiger charge is -2.03. The maximum Gasteiger partial charge on any atom is 0.0873 e. The van der Waals surface area contributed by atoms with Gasteiger partial charge in [-0.3, -0.25) is 4.18 Å². The summed E-state index contributed by atoms with van der Waals surface area (Å²) in [7, 11) is -2.28. The molecule has 0 rings (SSSR count). The standard InChI is InChI=1S/C8H16O3S/c1-4-10-7-5-6-8-11-12(2,3)9/h4H,1-2,5-8H2,3H3. The van der Waals surface area contributed by atoms with Crippen LogP contribution in [0.25, 0.3) is 0 Å². The lowest BCUT2D eigenvalue weighted by Crippen LogP contribution is -2.04. The predicted molar refractivity (Wildman–Crippen MR) is 52.5 cm³/mol. The molecule has 0 aliphatic heterocycles. The van der Waals surface area contributed by atoms with E-state index in [1.165, 1.54) is 12.5 Å². The molecule has 1 unspecified atom stereocenters. The minimum Gasteiger partial charge on any atom is -0.502 e. The van der Waals surface area contributed by atoms with E-state index in [1.807, 2.05) is 0 Å². The third-order valence-electron chi connectivity index (χ3n) is 1.11. The molecule has 4 heteroatoms. The first-order valence-electron chi connectivity index (χ1n) is 3.75. The second-order valence-corrected chi connectivity index (χ2v) is 4.58. The molecule has 0 aliphatic rings. The summed E-state index contributed by atoms with van der Waals surface area (Å²) in [5, 5.41) is 0. The normalized spacial score (nSPS) is 15.1. The van der Waals surface area contributed by atoms with E-state index in [2.05, 4.69) is 12.4 Å². The van der Waals surface area contributed by atoms with Crippen LogP contribution in [-0.4, -0.2) is 29.5 Å². The molecule has 0 aliphatic carbocycles. The third kappa shape index (κ3) is 9.52. The maximum atomic E-state index is 10.9. The van der Waals surface area contributed by atoms with Gasteiger partial charge in [-0.05, 0) is 18.7 Å². The van der Waals surface area contributed by atoms with Crippen molar-refractivity contribution in [2.24, 2.45) is 0 Å². The average Bonchev–Trinajstić information content (AvgIpc) is 1.94. The minimum absolute atomic E-state index is 0.472. The minimum atomic E-state index is -2.28. The predicted octanol–water partition coefficient (Wildman–Crippen LogP) is 1.20. The lowest BCUT2D eigenvalue weighted by molar-refractivity contribution is 0.230. The van der Waals surface area contributed by atoms with Crippen LogP contribution >= 0.6 is 0 Å². The second-order valence-electron chi connectivity index (χ2n) is 2.49. The van der Waals surface area contributed by atoms with Crippen molar-refractivity contribution >= 4 is 15.7 Å². The van der Waals surface area contributed by atoms with Gasteiger partial charge in [-0.1, -0.05) is 6.58 Å². The van der Waals surface area contributed by atoms with Gasteiger partial charge in [-0.2, -0.15) is 0 Å². The van der Waals surface area contributed by atoms with Crippen molar-refractivity contribution in [1.29, 1.82) is 0 Å². The molecule has 0 heterocycles. The van der Waals surface area contributed by atoms with E-state index in [0.717, 1.165) is 12.8 Å². The highest BCUT2D eigenvalue weighted by molar-refractivity contribution is 7.95. The second kappa shape index (κ2) is 6.08. The fourth-order valence-electron chi connectivity index (χ4n) is 0.606. The summed E-state index contributed by atoms with van der Waals surface area (Å²) in [6.07, 6.45) is 4.59. The van der Waals surface area contributed by atoms with Gasteiger partial charge in [0.05, 0.1) is 29.3 Å². The largest absolute Gasteiger partial charge is 0.502 e. The number of unbranched alkanes of at least 4 members (excludes halogenated alkanes) is 1. The molecule has 0 radical (unpaired) electrons. The zero-order valence-corrected chi connectivity index (χ0v) is 8.27. The number of hydrogen-bond acceptors (Lipinski definition) is 3. The van der Waals surface area contributed by atoms with Gasteiger partial charge in [0.2, 0.25) is 0 Å². The summed E-state index contributed by atoms with van der Waals surface area (Å²) in [5.41, 5.74) is 0. The average molecular weight is 192 g/mol. The van der Waals surface area contributed by atoms with Gasteiger partial charge in [0.15, 0.2) is 0 Å². The van der Waals surface area contributed by atoms with Crippen LogP contribution in [0.3, 0.4) is 0 Å². The molecule has 0 amide bonds. The first-order chi connectivity index (χ1) is 5.56. The molecule has 3 nitrogen and oxygen atoms in total. The Balaban J connectivity index is 3.17. The highest BCUT2D eigenvalue weighted by Gasteiger charge is 1.94. The number of ether oxygens (including phenoxy) is 1. The summed E-state index contributed by atoms with van der Waals surface area (Å²) in [6.45, 7) is 4.51. The summed E-state index contributed by atoms with van der Waals surface area (Å²) in [4.78, 5) is 0. The van der Waals surface area contributed by atoms with Crippen molar-refractivity contribution < 1.29 is 13.1 Å². The summed E-state index contributed by atoms with van der Waals surface area (Å²) >= 11 is 0. The van der Waals surface area contributed by atoms with Crippen molar-refractivity contribution in [3.8, 4) is 0 Å².